The Morgan fingerprint density at radius 1 is 1.06 bits per heavy atom. The summed E-state index contributed by atoms with van der Waals surface area (Å²) in [4.78, 5) is 26.2. The normalized spacial score (nSPS) is 17.8. The Labute approximate surface area is 189 Å². The SMILES string of the molecule is COC(=O)N1CCN(CC(O)COc2cc(CN3CCCC3)ccc2OC)CC1.O=CO. The second-order valence-corrected chi connectivity index (χ2v) is 7.80. The van der Waals surface area contributed by atoms with Crippen molar-refractivity contribution >= 4 is 12.6 Å². The van der Waals surface area contributed by atoms with Crippen molar-refractivity contribution in [2.75, 3.05) is 66.6 Å². The number of aliphatic hydroxyl groups is 1. The molecule has 10 heteroatoms. The van der Waals surface area contributed by atoms with Crippen LogP contribution in [-0.4, -0.2) is 110 Å². The third-order valence-corrected chi connectivity index (χ3v) is 5.54. The van der Waals surface area contributed by atoms with E-state index < -0.39 is 6.10 Å². The summed E-state index contributed by atoms with van der Waals surface area (Å²) in [6.07, 6.45) is 1.61. The molecule has 0 aliphatic carbocycles. The number of carbonyl (C=O) groups is 2. The van der Waals surface area contributed by atoms with E-state index in [9.17, 15) is 9.90 Å². The van der Waals surface area contributed by atoms with Crippen LogP contribution in [0.25, 0.3) is 0 Å². The Morgan fingerprint density at radius 2 is 1.72 bits per heavy atom. The molecule has 0 radical (unpaired) electrons. The van der Waals surface area contributed by atoms with Gasteiger partial charge in [-0.05, 0) is 43.6 Å². The lowest BCUT2D eigenvalue weighted by molar-refractivity contribution is -0.122. The van der Waals surface area contributed by atoms with Gasteiger partial charge in [-0.1, -0.05) is 6.07 Å². The lowest BCUT2D eigenvalue weighted by atomic mass is 10.2. The van der Waals surface area contributed by atoms with Crippen LogP contribution >= 0.6 is 0 Å². The molecule has 180 valence electrons. The first kappa shape index (κ1) is 25.7. The largest absolute Gasteiger partial charge is 0.493 e. The summed E-state index contributed by atoms with van der Waals surface area (Å²) in [6, 6.07) is 6.01. The molecule has 2 N–H and O–H groups in total. The van der Waals surface area contributed by atoms with Gasteiger partial charge in [0.25, 0.3) is 6.47 Å². The van der Waals surface area contributed by atoms with Crippen LogP contribution in [0.4, 0.5) is 4.79 Å². The quantitative estimate of drug-likeness (QED) is 0.559. The van der Waals surface area contributed by atoms with Gasteiger partial charge in [-0.2, -0.15) is 0 Å². The van der Waals surface area contributed by atoms with Crippen molar-refractivity contribution < 1.29 is 34.0 Å². The van der Waals surface area contributed by atoms with Gasteiger partial charge in [0.1, 0.15) is 12.7 Å². The van der Waals surface area contributed by atoms with Crippen LogP contribution < -0.4 is 9.47 Å². The summed E-state index contributed by atoms with van der Waals surface area (Å²) in [5.41, 5.74) is 1.19. The number of rotatable bonds is 8. The van der Waals surface area contributed by atoms with Crippen LogP contribution in [0.5, 0.6) is 11.5 Å². The van der Waals surface area contributed by atoms with Crippen molar-refractivity contribution in [3.63, 3.8) is 0 Å². The molecule has 1 unspecified atom stereocenters. The van der Waals surface area contributed by atoms with E-state index in [1.807, 2.05) is 12.1 Å². The van der Waals surface area contributed by atoms with E-state index >= 15 is 0 Å². The van der Waals surface area contributed by atoms with Crippen molar-refractivity contribution in [2.24, 2.45) is 0 Å². The second-order valence-electron chi connectivity index (χ2n) is 7.80. The standard InChI is InChI=1S/C21H33N3O5.CH2O2/c1-27-19-6-5-17(14-22-7-3-4-8-22)13-20(19)29-16-18(25)15-23-9-11-24(12-10-23)21(26)28-2;2-1-3/h5-6,13,18,25H,3-4,7-12,14-16H2,1-2H3;1H,(H,2,3). The molecule has 3 rings (SSSR count). The monoisotopic (exact) mass is 453 g/mol. The van der Waals surface area contributed by atoms with Crippen molar-refractivity contribution in [3.8, 4) is 11.5 Å². The summed E-state index contributed by atoms with van der Waals surface area (Å²) in [7, 11) is 3.02. The van der Waals surface area contributed by atoms with Gasteiger partial charge >= 0.3 is 6.09 Å². The smallest absolute Gasteiger partial charge is 0.409 e. The van der Waals surface area contributed by atoms with Gasteiger partial charge < -0.3 is 29.3 Å². The lowest BCUT2D eigenvalue weighted by Crippen LogP contribution is -2.50. The van der Waals surface area contributed by atoms with Gasteiger partial charge in [0.2, 0.25) is 0 Å². The number of piperazine rings is 1. The molecule has 32 heavy (non-hydrogen) atoms. The number of carboxylic acid groups (broad SMARTS) is 1. The van der Waals surface area contributed by atoms with Gasteiger partial charge in [0.05, 0.1) is 14.2 Å². The van der Waals surface area contributed by atoms with Gasteiger partial charge in [-0.15, -0.1) is 0 Å². The van der Waals surface area contributed by atoms with Crippen molar-refractivity contribution in [1.82, 2.24) is 14.7 Å². The fourth-order valence-electron chi connectivity index (χ4n) is 3.91. The van der Waals surface area contributed by atoms with Crippen LogP contribution in [-0.2, 0) is 16.1 Å². The van der Waals surface area contributed by atoms with Crippen molar-refractivity contribution in [3.05, 3.63) is 23.8 Å². The molecular formula is C22H35N3O7. The molecule has 10 nitrogen and oxygen atoms in total. The first-order chi connectivity index (χ1) is 15.5. The van der Waals surface area contributed by atoms with E-state index in [0.717, 1.165) is 19.6 Å². The highest BCUT2D eigenvalue weighted by atomic mass is 16.5. The average Bonchev–Trinajstić information content (AvgIpc) is 3.31. The molecule has 1 atom stereocenters. The van der Waals surface area contributed by atoms with Gasteiger partial charge in [-0.3, -0.25) is 14.6 Å². The highest BCUT2D eigenvalue weighted by Crippen LogP contribution is 2.29. The number of carbonyl (C=O) groups excluding carboxylic acids is 1. The molecule has 2 saturated heterocycles. The second kappa shape index (κ2) is 13.8. The predicted molar refractivity (Wildman–Crippen MR) is 118 cm³/mol. The maximum atomic E-state index is 11.6. The molecule has 0 aromatic heterocycles. The number of methoxy groups -OCH3 is 2. The molecule has 2 aliphatic heterocycles. The Balaban J connectivity index is 0.00000114. The number of benzene rings is 1. The minimum atomic E-state index is -0.619. The number of likely N-dealkylation sites (tertiary alicyclic amines) is 1. The van der Waals surface area contributed by atoms with Gasteiger partial charge in [-0.25, -0.2) is 4.79 Å². The number of ether oxygens (including phenoxy) is 3. The first-order valence-electron chi connectivity index (χ1n) is 10.8. The molecule has 0 spiro atoms. The van der Waals surface area contributed by atoms with E-state index in [1.165, 1.54) is 25.5 Å². The van der Waals surface area contributed by atoms with Crippen molar-refractivity contribution in [2.45, 2.75) is 25.5 Å². The fourth-order valence-corrected chi connectivity index (χ4v) is 3.91. The topological polar surface area (TPSA) is 112 Å². The van der Waals surface area contributed by atoms with E-state index in [-0.39, 0.29) is 19.2 Å². The van der Waals surface area contributed by atoms with E-state index in [1.54, 1.807) is 12.0 Å². The Kier molecular flexibility index (Phi) is 11.1. The summed E-state index contributed by atoms with van der Waals surface area (Å²) in [6.45, 7) is 6.27. The van der Waals surface area contributed by atoms with Gasteiger partial charge in [0.15, 0.2) is 11.5 Å². The highest BCUT2D eigenvalue weighted by molar-refractivity contribution is 5.67. The van der Waals surface area contributed by atoms with Crippen LogP contribution in [0.15, 0.2) is 18.2 Å². The zero-order valence-corrected chi connectivity index (χ0v) is 18.9. The molecule has 1 amide bonds. The molecule has 2 heterocycles. The number of β-amino-alcohol motifs (C(OH)–C–C–N with tert-alkyl or cyclic N) is 1. The maximum absolute atomic E-state index is 11.6. The first-order valence-corrected chi connectivity index (χ1v) is 10.8. The lowest BCUT2D eigenvalue weighted by Gasteiger charge is -2.34. The van der Waals surface area contributed by atoms with E-state index in [4.69, 9.17) is 24.1 Å². The highest BCUT2D eigenvalue weighted by Gasteiger charge is 2.23. The number of hydrogen-bond acceptors (Lipinski definition) is 8. The van der Waals surface area contributed by atoms with E-state index in [2.05, 4.69) is 15.9 Å². The Morgan fingerprint density at radius 3 is 2.31 bits per heavy atom. The molecule has 0 bridgehead atoms. The summed E-state index contributed by atoms with van der Waals surface area (Å²) in [5, 5.41) is 17.3. The number of aliphatic hydroxyl groups excluding tert-OH is 1. The van der Waals surface area contributed by atoms with Crippen LogP contribution in [0.2, 0.25) is 0 Å². The summed E-state index contributed by atoms with van der Waals surface area (Å²) < 4.78 is 16.1. The Hall–Kier alpha value is -2.56. The minimum absolute atomic E-state index is 0.195. The van der Waals surface area contributed by atoms with Crippen LogP contribution in [0.1, 0.15) is 18.4 Å². The molecule has 2 aliphatic rings. The molecule has 0 saturated carbocycles. The van der Waals surface area contributed by atoms with Crippen LogP contribution in [0, 0.1) is 0 Å². The van der Waals surface area contributed by atoms with E-state index in [0.29, 0.717) is 44.2 Å². The Bertz CT molecular complexity index is 705. The zero-order chi connectivity index (χ0) is 23.3. The maximum Gasteiger partial charge on any atom is 0.409 e. The third-order valence-electron chi connectivity index (χ3n) is 5.54. The minimum Gasteiger partial charge on any atom is -0.493 e. The summed E-state index contributed by atoms with van der Waals surface area (Å²) >= 11 is 0. The molecular weight excluding hydrogens is 418 g/mol. The molecule has 2 fully saturated rings. The van der Waals surface area contributed by atoms with Crippen molar-refractivity contribution in [1.29, 1.82) is 0 Å². The molecule has 1 aromatic rings. The zero-order valence-electron chi connectivity index (χ0n) is 18.9. The molecule has 1 aromatic carbocycles. The average molecular weight is 454 g/mol. The van der Waals surface area contributed by atoms with Gasteiger partial charge in [0, 0.05) is 39.3 Å². The summed E-state index contributed by atoms with van der Waals surface area (Å²) in [5.74, 6) is 1.34. The third kappa shape index (κ3) is 8.18. The number of amides is 1. The number of hydrogen-bond donors (Lipinski definition) is 2. The predicted octanol–water partition coefficient (Wildman–Crippen LogP) is 1.12. The fraction of sp³-hybridized carbons (Fsp3) is 0.636. The van der Waals surface area contributed by atoms with Crippen LogP contribution in [0.3, 0.4) is 0 Å². The number of nitrogens with zero attached hydrogens (tertiary/aromatic N) is 3.